The second-order valence-corrected chi connectivity index (χ2v) is 7.06. The van der Waals surface area contributed by atoms with Gasteiger partial charge in [-0.3, -0.25) is 9.69 Å². The predicted octanol–water partition coefficient (Wildman–Crippen LogP) is 2.40. The number of carbonyl (C=O) groups excluding carboxylic acids is 1. The third-order valence-electron chi connectivity index (χ3n) is 3.22. The maximum Gasteiger partial charge on any atom is 0.186 e. The van der Waals surface area contributed by atoms with Gasteiger partial charge in [-0.05, 0) is 46.9 Å². The van der Waals surface area contributed by atoms with Crippen LogP contribution in [0.5, 0.6) is 0 Å². The van der Waals surface area contributed by atoms with Crippen molar-refractivity contribution < 1.29 is 9.90 Å². The lowest BCUT2D eigenvalue weighted by Gasteiger charge is -2.33. The number of thiophene rings is 1. The molecule has 3 nitrogen and oxygen atoms in total. The molecule has 1 aliphatic heterocycles. The van der Waals surface area contributed by atoms with Crippen LogP contribution in [0, 0.1) is 5.92 Å². The number of piperidine rings is 1. The average molecular weight is 318 g/mol. The van der Waals surface area contributed by atoms with Crippen LogP contribution in [-0.4, -0.2) is 41.5 Å². The van der Waals surface area contributed by atoms with Gasteiger partial charge in [-0.15, -0.1) is 11.3 Å². The molecule has 0 saturated carbocycles. The molecule has 2 unspecified atom stereocenters. The van der Waals surface area contributed by atoms with Gasteiger partial charge >= 0.3 is 0 Å². The van der Waals surface area contributed by atoms with Gasteiger partial charge in [-0.1, -0.05) is 6.92 Å². The van der Waals surface area contributed by atoms with Crippen molar-refractivity contribution in [1.29, 1.82) is 0 Å². The largest absolute Gasteiger partial charge is 0.392 e. The number of likely N-dealkylation sites (tertiary alicyclic amines) is 1. The first-order valence-electron chi connectivity index (χ1n) is 5.75. The van der Waals surface area contributed by atoms with E-state index in [4.69, 9.17) is 0 Å². The molecule has 1 aromatic heterocycles. The summed E-state index contributed by atoms with van der Waals surface area (Å²) in [7, 11) is 0. The fourth-order valence-corrected chi connectivity index (χ4v) is 3.32. The number of aliphatic hydroxyl groups is 1. The van der Waals surface area contributed by atoms with Gasteiger partial charge in [0.25, 0.3) is 0 Å². The molecule has 0 aromatic carbocycles. The molecular weight excluding hydrogens is 302 g/mol. The molecular formula is C12H16BrNO2S. The lowest BCUT2D eigenvalue weighted by molar-refractivity contribution is 0.0295. The van der Waals surface area contributed by atoms with Gasteiger partial charge in [-0.25, -0.2) is 0 Å². The van der Waals surface area contributed by atoms with Gasteiger partial charge in [0, 0.05) is 6.54 Å². The van der Waals surface area contributed by atoms with E-state index in [-0.39, 0.29) is 11.9 Å². The molecule has 2 atom stereocenters. The van der Waals surface area contributed by atoms with Gasteiger partial charge in [0.15, 0.2) is 5.78 Å². The molecule has 0 bridgehead atoms. The van der Waals surface area contributed by atoms with Gasteiger partial charge in [-0.2, -0.15) is 0 Å². The lowest BCUT2D eigenvalue weighted by atomic mass is 9.96. The van der Waals surface area contributed by atoms with Crippen molar-refractivity contribution in [1.82, 2.24) is 4.90 Å². The SMILES string of the molecule is CC1CCN(CC(=O)c2ccc(Br)s2)CC1O. The van der Waals surface area contributed by atoms with Crippen LogP contribution >= 0.6 is 27.3 Å². The van der Waals surface area contributed by atoms with Crippen LogP contribution in [0.3, 0.4) is 0 Å². The first kappa shape index (κ1) is 13.2. The molecule has 2 heterocycles. The van der Waals surface area contributed by atoms with Crippen molar-refractivity contribution in [2.45, 2.75) is 19.4 Å². The van der Waals surface area contributed by atoms with E-state index in [0.29, 0.717) is 19.0 Å². The molecule has 2 rings (SSSR count). The lowest BCUT2D eigenvalue weighted by Crippen LogP contribution is -2.44. The maximum atomic E-state index is 12.0. The summed E-state index contributed by atoms with van der Waals surface area (Å²) in [6.07, 6.45) is 0.661. The minimum Gasteiger partial charge on any atom is -0.392 e. The minimum absolute atomic E-state index is 0.141. The molecule has 0 aliphatic carbocycles. The first-order chi connectivity index (χ1) is 8.06. The number of hydrogen-bond donors (Lipinski definition) is 1. The van der Waals surface area contributed by atoms with E-state index >= 15 is 0 Å². The summed E-state index contributed by atoms with van der Waals surface area (Å²) in [4.78, 5) is 14.8. The normalized spacial score (nSPS) is 26.1. The Morgan fingerprint density at radius 1 is 1.65 bits per heavy atom. The Hall–Kier alpha value is -0.230. The second-order valence-electron chi connectivity index (χ2n) is 4.60. The molecule has 1 N–H and O–H groups in total. The quantitative estimate of drug-likeness (QED) is 0.870. The van der Waals surface area contributed by atoms with Gasteiger partial charge in [0.1, 0.15) is 0 Å². The topological polar surface area (TPSA) is 40.5 Å². The average Bonchev–Trinajstić information content (AvgIpc) is 2.70. The van der Waals surface area contributed by atoms with E-state index in [1.165, 1.54) is 11.3 Å². The zero-order valence-corrected chi connectivity index (χ0v) is 12.1. The number of carbonyl (C=O) groups is 1. The van der Waals surface area contributed by atoms with Gasteiger partial charge in [0.05, 0.1) is 21.3 Å². The number of Topliss-reactive ketones (excluding diaryl/α,β-unsaturated/α-hetero) is 1. The molecule has 1 fully saturated rings. The highest BCUT2D eigenvalue weighted by Gasteiger charge is 2.25. The molecule has 1 aromatic rings. The third-order valence-corrected chi connectivity index (χ3v) is 4.88. The summed E-state index contributed by atoms with van der Waals surface area (Å²) < 4.78 is 0.980. The van der Waals surface area contributed by atoms with Crippen LogP contribution in [0.25, 0.3) is 0 Å². The number of β-amino-alcohol motifs (C(OH)–C–C–N with tert-alkyl or cyclic N) is 1. The minimum atomic E-state index is -0.299. The molecule has 94 valence electrons. The highest BCUT2D eigenvalue weighted by molar-refractivity contribution is 9.11. The van der Waals surface area contributed by atoms with E-state index in [0.717, 1.165) is 21.6 Å². The number of rotatable bonds is 3. The third kappa shape index (κ3) is 3.37. The Morgan fingerprint density at radius 2 is 2.41 bits per heavy atom. The standard InChI is InChI=1S/C12H16BrNO2S/c1-8-4-5-14(6-9(8)15)7-10(16)11-2-3-12(13)17-11/h2-3,8-9,15H,4-7H2,1H3. The number of aliphatic hydroxyl groups excluding tert-OH is 1. The smallest absolute Gasteiger partial charge is 0.186 e. The van der Waals surface area contributed by atoms with Crippen LogP contribution in [0.1, 0.15) is 23.0 Å². The summed E-state index contributed by atoms with van der Waals surface area (Å²) in [5.41, 5.74) is 0. The Balaban J connectivity index is 1.91. The molecule has 1 aliphatic rings. The van der Waals surface area contributed by atoms with E-state index < -0.39 is 0 Å². The molecule has 0 radical (unpaired) electrons. The number of ketones is 1. The van der Waals surface area contributed by atoms with Crippen LogP contribution in [0.2, 0.25) is 0 Å². The monoisotopic (exact) mass is 317 g/mol. The first-order valence-corrected chi connectivity index (χ1v) is 7.36. The second kappa shape index (κ2) is 5.61. The maximum absolute atomic E-state index is 12.0. The van der Waals surface area contributed by atoms with Gasteiger partial charge < -0.3 is 5.11 Å². The molecule has 5 heteroatoms. The van der Waals surface area contributed by atoms with Crippen molar-refractivity contribution in [2.24, 2.45) is 5.92 Å². The zero-order valence-electron chi connectivity index (χ0n) is 9.73. The Labute approximate surface area is 114 Å². The fourth-order valence-electron chi connectivity index (χ4n) is 2.00. The molecule has 0 amide bonds. The number of nitrogens with zero attached hydrogens (tertiary/aromatic N) is 1. The van der Waals surface area contributed by atoms with Gasteiger partial charge in [0.2, 0.25) is 0 Å². The van der Waals surface area contributed by atoms with E-state index in [2.05, 4.69) is 22.9 Å². The van der Waals surface area contributed by atoms with Crippen LogP contribution in [0.4, 0.5) is 0 Å². The predicted molar refractivity (Wildman–Crippen MR) is 72.6 cm³/mol. The number of hydrogen-bond acceptors (Lipinski definition) is 4. The van der Waals surface area contributed by atoms with Crippen molar-refractivity contribution >= 4 is 33.0 Å². The summed E-state index contributed by atoms with van der Waals surface area (Å²) in [6, 6.07) is 3.74. The van der Waals surface area contributed by atoms with Crippen molar-refractivity contribution in [3.63, 3.8) is 0 Å². The van der Waals surface area contributed by atoms with E-state index in [1.807, 2.05) is 17.0 Å². The van der Waals surface area contributed by atoms with Crippen LogP contribution < -0.4 is 0 Å². The summed E-state index contributed by atoms with van der Waals surface area (Å²) in [5.74, 6) is 0.486. The summed E-state index contributed by atoms with van der Waals surface area (Å²) >= 11 is 4.82. The van der Waals surface area contributed by atoms with Crippen LogP contribution in [-0.2, 0) is 0 Å². The zero-order chi connectivity index (χ0) is 12.4. The van der Waals surface area contributed by atoms with Crippen molar-refractivity contribution in [2.75, 3.05) is 19.6 Å². The fraction of sp³-hybridized carbons (Fsp3) is 0.583. The summed E-state index contributed by atoms with van der Waals surface area (Å²) in [5, 5.41) is 9.78. The Morgan fingerprint density at radius 3 is 3.00 bits per heavy atom. The number of halogens is 1. The highest BCUT2D eigenvalue weighted by atomic mass is 79.9. The van der Waals surface area contributed by atoms with Crippen LogP contribution in [0.15, 0.2) is 15.9 Å². The molecule has 1 saturated heterocycles. The van der Waals surface area contributed by atoms with E-state index in [1.54, 1.807) is 0 Å². The molecule has 17 heavy (non-hydrogen) atoms. The molecule has 0 spiro atoms. The Kier molecular flexibility index (Phi) is 4.36. The Bertz CT molecular complexity index is 407. The van der Waals surface area contributed by atoms with Crippen molar-refractivity contribution in [3.8, 4) is 0 Å². The van der Waals surface area contributed by atoms with E-state index in [9.17, 15) is 9.90 Å². The van der Waals surface area contributed by atoms with Crippen molar-refractivity contribution in [3.05, 3.63) is 20.8 Å². The summed E-state index contributed by atoms with van der Waals surface area (Å²) in [6.45, 7) is 3.98. The highest BCUT2D eigenvalue weighted by Crippen LogP contribution is 2.23.